The maximum atomic E-state index is 12.7. The third kappa shape index (κ3) is 47.1. The Bertz CT molecular complexity index is 882. The standard InChI is InChI=1S/C53H100O5/c1-4-7-10-13-16-19-22-23-24-25-26-27-28-29-30-33-36-39-42-45-48-56-49-51(58-53(55)47-44-41-38-35-32-21-18-15-12-9-6-3)50-57-52(54)46-43-40-37-34-31-20-17-14-11-8-5-2/h14-15,17-18,51H,4-13,16,19-50H2,1-3H3/b17-14-,18-15-. The Morgan fingerprint density at radius 2 is 0.690 bits per heavy atom. The molecule has 0 aromatic heterocycles. The van der Waals surface area contributed by atoms with Gasteiger partial charge in [0.25, 0.3) is 0 Å². The molecule has 0 radical (unpaired) electrons. The van der Waals surface area contributed by atoms with Crippen LogP contribution in [0.25, 0.3) is 0 Å². The van der Waals surface area contributed by atoms with Crippen molar-refractivity contribution in [2.45, 2.75) is 284 Å². The van der Waals surface area contributed by atoms with Gasteiger partial charge < -0.3 is 14.2 Å². The molecule has 0 aromatic rings. The van der Waals surface area contributed by atoms with Crippen molar-refractivity contribution in [1.82, 2.24) is 0 Å². The minimum atomic E-state index is -0.536. The summed E-state index contributed by atoms with van der Waals surface area (Å²) in [5.74, 6) is -0.406. The van der Waals surface area contributed by atoms with Crippen molar-refractivity contribution in [3.8, 4) is 0 Å². The third-order valence-corrected chi connectivity index (χ3v) is 11.5. The van der Waals surface area contributed by atoms with E-state index in [-0.39, 0.29) is 25.2 Å². The molecule has 0 saturated heterocycles. The molecule has 0 aromatic carbocycles. The smallest absolute Gasteiger partial charge is 0.306 e. The van der Waals surface area contributed by atoms with E-state index in [2.05, 4.69) is 45.1 Å². The number of ether oxygens (including phenoxy) is 3. The summed E-state index contributed by atoms with van der Waals surface area (Å²) in [6.45, 7) is 7.79. The van der Waals surface area contributed by atoms with Crippen molar-refractivity contribution in [1.29, 1.82) is 0 Å². The van der Waals surface area contributed by atoms with Gasteiger partial charge in [0.1, 0.15) is 6.61 Å². The molecule has 58 heavy (non-hydrogen) atoms. The normalized spacial score (nSPS) is 12.3. The Morgan fingerprint density at radius 3 is 1.10 bits per heavy atom. The number of hydrogen-bond donors (Lipinski definition) is 0. The maximum absolute atomic E-state index is 12.7. The lowest BCUT2D eigenvalue weighted by atomic mass is 10.0. The lowest BCUT2D eigenvalue weighted by Crippen LogP contribution is -2.30. The second-order valence-electron chi connectivity index (χ2n) is 17.4. The van der Waals surface area contributed by atoms with Crippen LogP contribution < -0.4 is 0 Å². The zero-order valence-electron chi connectivity index (χ0n) is 39.3. The topological polar surface area (TPSA) is 61.8 Å². The summed E-state index contributed by atoms with van der Waals surface area (Å²) >= 11 is 0. The molecule has 0 aliphatic rings. The Morgan fingerprint density at radius 1 is 0.362 bits per heavy atom. The van der Waals surface area contributed by atoms with Crippen molar-refractivity contribution in [3.63, 3.8) is 0 Å². The Kier molecular flexibility index (Phi) is 48.4. The van der Waals surface area contributed by atoms with Gasteiger partial charge in [0, 0.05) is 19.4 Å². The fourth-order valence-corrected chi connectivity index (χ4v) is 7.53. The van der Waals surface area contributed by atoms with E-state index >= 15 is 0 Å². The zero-order valence-corrected chi connectivity index (χ0v) is 39.3. The van der Waals surface area contributed by atoms with E-state index in [1.165, 1.54) is 186 Å². The first kappa shape index (κ1) is 56.4. The summed E-state index contributed by atoms with van der Waals surface area (Å²) in [5, 5.41) is 0. The molecule has 342 valence electrons. The largest absolute Gasteiger partial charge is 0.462 e. The third-order valence-electron chi connectivity index (χ3n) is 11.5. The van der Waals surface area contributed by atoms with E-state index in [4.69, 9.17) is 14.2 Å². The van der Waals surface area contributed by atoms with Crippen LogP contribution in [0.5, 0.6) is 0 Å². The van der Waals surface area contributed by atoms with Gasteiger partial charge in [0.15, 0.2) is 6.10 Å². The predicted octanol–water partition coefficient (Wildman–Crippen LogP) is 17.2. The quantitative estimate of drug-likeness (QED) is 0.0348. The second kappa shape index (κ2) is 49.7. The van der Waals surface area contributed by atoms with Gasteiger partial charge in [0.2, 0.25) is 0 Å². The summed E-state index contributed by atoms with van der Waals surface area (Å²) in [6, 6.07) is 0. The van der Waals surface area contributed by atoms with Crippen LogP contribution in [0.1, 0.15) is 278 Å². The number of hydrogen-bond acceptors (Lipinski definition) is 5. The Hall–Kier alpha value is -1.62. The first-order valence-corrected chi connectivity index (χ1v) is 25.9. The van der Waals surface area contributed by atoms with Crippen LogP contribution in [-0.2, 0) is 23.8 Å². The molecular weight excluding hydrogens is 717 g/mol. The fourth-order valence-electron chi connectivity index (χ4n) is 7.53. The molecule has 0 spiro atoms. The minimum Gasteiger partial charge on any atom is -0.462 e. The van der Waals surface area contributed by atoms with Crippen LogP contribution in [-0.4, -0.2) is 37.9 Å². The average Bonchev–Trinajstić information content (AvgIpc) is 3.22. The van der Waals surface area contributed by atoms with Crippen molar-refractivity contribution in [3.05, 3.63) is 24.3 Å². The summed E-state index contributed by atoms with van der Waals surface area (Å²) in [5.41, 5.74) is 0. The fraction of sp³-hybridized carbons (Fsp3) is 0.887. The van der Waals surface area contributed by atoms with E-state index in [1.54, 1.807) is 0 Å². The highest BCUT2D eigenvalue weighted by atomic mass is 16.6. The summed E-state index contributed by atoms with van der Waals surface area (Å²) in [4.78, 5) is 25.3. The average molecular weight is 817 g/mol. The van der Waals surface area contributed by atoms with E-state index in [1.807, 2.05) is 0 Å². The molecule has 5 heteroatoms. The van der Waals surface area contributed by atoms with Crippen molar-refractivity contribution in [2.24, 2.45) is 0 Å². The SMILES string of the molecule is CCCC/C=C\CCCCCCCC(=O)OCC(COCCCCCCCCCCCCCCCCCCCCCC)OC(=O)CCCCCCC/C=C\CCCC. The molecule has 0 aliphatic heterocycles. The van der Waals surface area contributed by atoms with Gasteiger partial charge in [0.05, 0.1) is 6.61 Å². The molecule has 0 fully saturated rings. The number of carbonyl (C=O) groups excluding carboxylic acids is 2. The highest BCUT2D eigenvalue weighted by Crippen LogP contribution is 2.16. The Balaban J connectivity index is 4.13. The molecule has 0 N–H and O–H groups in total. The molecule has 5 nitrogen and oxygen atoms in total. The number of rotatable bonds is 48. The number of allylic oxidation sites excluding steroid dienone is 4. The first-order chi connectivity index (χ1) is 28.6. The van der Waals surface area contributed by atoms with Crippen molar-refractivity contribution in [2.75, 3.05) is 19.8 Å². The number of carbonyl (C=O) groups is 2. The van der Waals surface area contributed by atoms with E-state index in [9.17, 15) is 9.59 Å². The minimum absolute atomic E-state index is 0.0833. The van der Waals surface area contributed by atoms with Crippen molar-refractivity contribution < 1.29 is 23.8 Å². The summed E-state index contributed by atoms with van der Waals surface area (Å²) < 4.78 is 17.4. The lowest BCUT2D eigenvalue weighted by molar-refractivity contribution is -0.163. The molecule has 1 atom stereocenters. The van der Waals surface area contributed by atoms with E-state index < -0.39 is 6.10 Å². The van der Waals surface area contributed by atoms with Gasteiger partial charge in [-0.25, -0.2) is 0 Å². The predicted molar refractivity (Wildman–Crippen MR) is 252 cm³/mol. The number of unbranched alkanes of at least 4 members (excludes halogenated alkanes) is 33. The molecule has 0 bridgehead atoms. The summed E-state index contributed by atoms with van der Waals surface area (Å²) in [7, 11) is 0. The lowest BCUT2D eigenvalue weighted by Gasteiger charge is -2.18. The zero-order chi connectivity index (χ0) is 42.1. The monoisotopic (exact) mass is 817 g/mol. The van der Waals surface area contributed by atoms with Gasteiger partial charge in [-0.05, 0) is 57.8 Å². The van der Waals surface area contributed by atoms with Crippen LogP contribution in [0, 0.1) is 0 Å². The second-order valence-corrected chi connectivity index (χ2v) is 17.4. The molecule has 0 amide bonds. The maximum Gasteiger partial charge on any atom is 0.306 e. The van der Waals surface area contributed by atoms with Crippen LogP contribution >= 0.6 is 0 Å². The van der Waals surface area contributed by atoms with E-state index in [0.29, 0.717) is 19.4 Å². The van der Waals surface area contributed by atoms with Crippen LogP contribution in [0.15, 0.2) is 24.3 Å². The number of esters is 2. The van der Waals surface area contributed by atoms with Gasteiger partial charge in [-0.15, -0.1) is 0 Å². The van der Waals surface area contributed by atoms with Crippen LogP contribution in [0.4, 0.5) is 0 Å². The van der Waals surface area contributed by atoms with Crippen molar-refractivity contribution >= 4 is 11.9 Å². The van der Waals surface area contributed by atoms with E-state index in [0.717, 1.165) is 57.8 Å². The van der Waals surface area contributed by atoms with Crippen LogP contribution in [0.2, 0.25) is 0 Å². The van der Waals surface area contributed by atoms with Crippen LogP contribution in [0.3, 0.4) is 0 Å². The van der Waals surface area contributed by atoms with Gasteiger partial charge in [-0.3, -0.25) is 9.59 Å². The van der Waals surface area contributed by atoms with Gasteiger partial charge in [-0.1, -0.05) is 231 Å². The van der Waals surface area contributed by atoms with Gasteiger partial charge in [-0.2, -0.15) is 0 Å². The Labute approximate surface area is 362 Å². The molecular formula is C53H100O5. The first-order valence-electron chi connectivity index (χ1n) is 25.9. The molecule has 0 aliphatic carbocycles. The highest BCUT2D eigenvalue weighted by Gasteiger charge is 2.17. The molecule has 0 heterocycles. The molecule has 0 rings (SSSR count). The molecule has 1 unspecified atom stereocenters. The highest BCUT2D eigenvalue weighted by molar-refractivity contribution is 5.70. The van der Waals surface area contributed by atoms with Gasteiger partial charge >= 0.3 is 11.9 Å². The summed E-state index contributed by atoms with van der Waals surface area (Å²) in [6.07, 6.45) is 57.7. The molecule has 0 saturated carbocycles.